The van der Waals surface area contributed by atoms with E-state index in [2.05, 4.69) is 0 Å². The van der Waals surface area contributed by atoms with Gasteiger partial charge in [-0.05, 0) is 18.4 Å². The van der Waals surface area contributed by atoms with E-state index in [1.54, 1.807) is 11.0 Å². The standard InChI is InChI=1S/C17H24N2O3/c20-16(6-5-14-3-1-2-4-14)18-8-10-19(11-9-18)17(21)15-7-12-22-13-15/h7,12-14H,1-6,8-11H2. The number of carbonyl (C=O) groups is 2. The van der Waals surface area contributed by atoms with Crippen LogP contribution in [0, 0.1) is 5.92 Å². The Bertz CT molecular complexity index is 498. The van der Waals surface area contributed by atoms with Crippen LogP contribution in [0.2, 0.25) is 0 Å². The Hall–Kier alpha value is -1.78. The van der Waals surface area contributed by atoms with Crippen molar-refractivity contribution in [3.63, 3.8) is 0 Å². The SMILES string of the molecule is O=C(CCC1CCCC1)N1CCN(C(=O)c2ccoc2)CC1. The van der Waals surface area contributed by atoms with Gasteiger partial charge in [-0.1, -0.05) is 25.7 Å². The fourth-order valence-electron chi connectivity index (χ4n) is 3.51. The topological polar surface area (TPSA) is 53.8 Å². The second kappa shape index (κ2) is 6.99. The Kier molecular flexibility index (Phi) is 4.80. The van der Waals surface area contributed by atoms with E-state index in [4.69, 9.17) is 4.42 Å². The van der Waals surface area contributed by atoms with E-state index in [0.29, 0.717) is 38.2 Å². The summed E-state index contributed by atoms with van der Waals surface area (Å²) in [5.74, 6) is 1.00. The van der Waals surface area contributed by atoms with Gasteiger partial charge in [-0.25, -0.2) is 0 Å². The van der Waals surface area contributed by atoms with E-state index >= 15 is 0 Å². The molecular formula is C17H24N2O3. The molecule has 5 heteroatoms. The lowest BCUT2D eigenvalue weighted by atomic mass is 10.0. The molecule has 1 aliphatic carbocycles. The van der Waals surface area contributed by atoms with E-state index in [-0.39, 0.29) is 11.8 Å². The van der Waals surface area contributed by atoms with Gasteiger partial charge in [-0.3, -0.25) is 9.59 Å². The number of hydrogen-bond donors (Lipinski definition) is 0. The zero-order valence-corrected chi connectivity index (χ0v) is 13.0. The molecule has 1 aliphatic heterocycles. The Morgan fingerprint density at radius 2 is 1.77 bits per heavy atom. The molecule has 1 saturated carbocycles. The second-order valence-electron chi connectivity index (χ2n) is 6.37. The minimum Gasteiger partial charge on any atom is -0.472 e. The Labute approximate surface area is 131 Å². The molecule has 0 radical (unpaired) electrons. The zero-order chi connectivity index (χ0) is 15.4. The maximum atomic E-state index is 12.3. The molecule has 22 heavy (non-hydrogen) atoms. The lowest BCUT2D eigenvalue weighted by Crippen LogP contribution is -2.50. The predicted octanol–water partition coefficient (Wildman–Crippen LogP) is 2.53. The lowest BCUT2D eigenvalue weighted by Gasteiger charge is -2.34. The first-order valence-electron chi connectivity index (χ1n) is 8.33. The third-order valence-electron chi connectivity index (χ3n) is 4.93. The van der Waals surface area contributed by atoms with Crippen molar-refractivity contribution in [3.05, 3.63) is 24.2 Å². The maximum Gasteiger partial charge on any atom is 0.257 e. The molecule has 0 N–H and O–H groups in total. The van der Waals surface area contributed by atoms with Crippen molar-refractivity contribution in [1.82, 2.24) is 9.80 Å². The van der Waals surface area contributed by atoms with Crippen LogP contribution in [0.4, 0.5) is 0 Å². The summed E-state index contributed by atoms with van der Waals surface area (Å²) in [6.45, 7) is 2.51. The lowest BCUT2D eigenvalue weighted by molar-refractivity contribution is -0.133. The molecule has 1 saturated heterocycles. The maximum absolute atomic E-state index is 12.3. The van der Waals surface area contributed by atoms with Gasteiger partial charge in [-0.15, -0.1) is 0 Å². The molecule has 0 bridgehead atoms. The number of carbonyl (C=O) groups excluding carboxylic acids is 2. The molecule has 2 heterocycles. The second-order valence-corrected chi connectivity index (χ2v) is 6.37. The van der Waals surface area contributed by atoms with Crippen LogP contribution in [0.25, 0.3) is 0 Å². The minimum atomic E-state index is -0.00759. The summed E-state index contributed by atoms with van der Waals surface area (Å²) in [5.41, 5.74) is 0.584. The molecule has 3 rings (SSSR count). The summed E-state index contributed by atoms with van der Waals surface area (Å²) < 4.78 is 4.95. The zero-order valence-electron chi connectivity index (χ0n) is 13.0. The van der Waals surface area contributed by atoms with Gasteiger partial charge in [0.1, 0.15) is 6.26 Å². The summed E-state index contributed by atoms with van der Waals surface area (Å²) in [6, 6.07) is 1.68. The Balaban J connectivity index is 1.42. The van der Waals surface area contributed by atoms with Crippen molar-refractivity contribution in [2.24, 2.45) is 5.92 Å². The minimum absolute atomic E-state index is 0.00759. The largest absolute Gasteiger partial charge is 0.472 e. The molecule has 2 amide bonds. The summed E-state index contributed by atoms with van der Waals surface area (Å²) >= 11 is 0. The highest BCUT2D eigenvalue weighted by Crippen LogP contribution is 2.28. The molecule has 1 aromatic heterocycles. The van der Waals surface area contributed by atoms with Crippen molar-refractivity contribution in [2.45, 2.75) is 38.5 Å². The highest BCUT2D eigenvalue weighted by molar-refractivity contribution is 5.94. The van der Waals surface area contributed by atoms with E-state index < -0.39 is 0 Å². The monoisotopic (exact) mass is 304 g/mol. The van der Waals surface area contributed by atoms with Crippen LogP contribution in [-0.4, -0.2) is 47.8 Å². The Morgan fingerprint density at radius 1 is 1.09 bits per heavy atom. The van der Waals surface area contributed by atoms with Crippen molar-refractivity contribution < 1.29 is 14.0 Å². The molecule has 0 atom stereocenters. The third-order valence-corrected chi connectivity index (χ3v) is 4.93. The first-order chi connectivity index (χ1) is 10.7. The Morgan fingerprint density at radius 3 is 2.41 bits per heavy atom. The van der Waals surface area contributed by atoms with Gasteiger partial charge in [0, 0.05) is 32.6 Å². The van der Waals surface area contributed by atoms with Gasteiger partial charge in [0.15, 0.2) is 0 Å². The molecule has 1 aromatic rings. The smallest absolute Gasteiger partial charge is 0.257 e. The van der Waals surface area contributed by atoms with Gasteiger partial charge in [0.25, 0.3) is 5.91 Å². The van der Waals surface area contributed by atoms with Crippen LogP contribution in [0.3, 0.4) is 0 Å². The molecule has 0 unspecified atom stereocenters. The van der Waals surface area contributed by atoms with Crippen molar-refractivity contribution in [3.8, 4) is 0 Å². The molecule has 120 valence electrons. The van der Waals surface area contributed by atoms with Crippen LogP contribution < -0.4 is 0 Å². The van der Waals surface area contributed by atoms with E-state index in [1.807, 2.05) is 4.90 Å². The number of nitrogens with zero attached hydrogens (tertiary/aromatic N) is 2. The quantitative estimate of drug-likeness (QED) is 0.859. The third kappa shape index (κ3) is 3.51. The first kappa shape index (κ1) is 15.1. The van der Waals surface area contributed by atoms with Gasteiger partial charge in [0.05, 0.1) is 11.8 Å². The number of amides is 2. The van der Waals surface area contributed by atoms with Crippen LogP contribution in [-0.2, 0) is 4.79 Å². The number of hydrogen-bond acceptors (Lipinski definition) is 3. The van der Waals surface area contributed by atoms with E-state index in [1.165, 1.54) is 38.2 Å². The summed E-state index contributed by atoms with van der Waals surface area (Å²) in [5, 5.41) is 0. The molecule has 0 spiro atoms. The van der Waals surface area contributed by atoms with Gasteiger partial charge < -0.3 is 14.2 Å². The molecule has 0 aromatic carbocycles. The first-order valence-corrected chi connectivity index (χ1v) is 8.33. The molecular weight excluding hydrogens is 280 g/mol. The van der Waals surface area contributed by atoms with Crippen molar-refractivity contribution in [2.75, 3.05) is 26.2 Å². The average molecular weight is 304 g/mol. The molecule has 2 aliphatic rings. The number of piperazine rings is 1. The highest BCUT2D eigenvalue weighted by atomic mass is 16.3. The van der Waals surface area contributed by atoms with Crippen molar-refractivity contribution in [1.29, 1.82) is 0 Å². The van der Waals surface area contributed by atoms with Crippen LogP contribution in [0.5, 0.6) is 0 Å². The highest BCUT2D eigenvalue weighted by Gasteiger charge is 2.25. The number of furan rings is 1. The normalized spacial score (nSPS) is 19.6. The van der Waals surface area contributed by atoms with Gasteiger partial charge >= 0.3 is 0 Å². The molecule has 2 fully saturated rings. The van der Waals surface area contributed by atoms with E-state index in [0.717, 1.165) is 12.3 Å². The van der Waals surface area contributed by atoms with Crippen molar-refractivity contribution >= 4 is 11.8 Å². The van der Waals surface area contributed by atoms with Gasteiger partial charge in [0.2, 0.25) is 5.91 Å². The predicted molar refractivity (Wildman–Crippen MR) is 82.4 cm³/mol. The fraction of sp³-hybridized carbons (Fsp3) is 0.647. The molecule has 5 nitrogen and oxygen atoms in total. The van der Waals surface area contributed by atoms with Crippen LogP contribution >= 0.6 is 0 Å². The summed E-state index contributed by atoms with van der Waals surface area (Å²) in [7, 11) is 0. The summed E-state index contributed by atoms with van der Waals surface area (Å²) in [4.78, 5) is 28.2. The van der Waals surface area contributed by atoms with Crippen LogP contribution in [0.15, 0.2) is 23.0 Å². The van der Waals surface area contributed by atoms with E-state index in [9.17, 15) is 9.59 Å². The average Bonchev–Trinajstić information content (AvgIpc) is 3.25. The van der Waals surface area contributed by atoms with Crippen LogP contribution in [0.1, 0.15) is 48.9 Å². The fourth-order valence-corrected chi connectivity index (χ4v) is 3.51. The van der Waals surface area contributed by atoms with Gasteiger partial charge in [-0.2, -0.15) is 0 Å². The number of rotatable bonds is 4. The summed E-state index contributed by atoms with van der Waals surface area (Å²) in [6.07, 6.45) is 9.92.